The van der Waals surface area contributed by atoms with Crippen LogP contribution in [0.15, 0.2) is 12.1 Å². The maximum absolute atomic E-state index is 12.0. The number of hydrogen-bond acceptors (Lipinski definition) is 3. The Hall–Kier alpha value is -1.55. The van der Waals surface area contributed by atoms with Gasteiger partial charge in [0.15, 0.2) is 0 Å². The summed E-state index contributed by atoms with van der Waals surface area (Å²) in [6, 6.07) is 4.17. The standard InChI is InChI=1S/C16H24N2O2/c1-12-4-5-13(2)16(14(12)3)20-11-6-15(19)18-9-7-17-8-10-18/h4-5,17H,6-11H2,1-3H3. The Kier molecular flexibility index (Phi) is 5.01. The molecule has 110 valence electrons. The minimum atomic E-state index is 0.189. The van der Waals surface area contributed by atoms with Crippen LogP contribution >= 0.6 is 0 Å². The molecule has 2 rings (SSSR count). The maximum atomic E-state index is 12.0. The molecule has 0 aliphatic carbocycles. The minimum absolute atomic E-state index is 0.189. The van der Waals surface area contributed by atoms with E-state index in [9.17, 15) is 4.79 Å². The van der Waals surface area contributed by atoms with Crippen molar-refractivity contribution in [3.8, 4) is 5.75 Å². The molecule has 0 atom stereocenters. The zero-order valence-corrected chi connectivity index (χ0v) is 12.7. The Morgan fingerprint density at radius 1 is 1.20 bits per heavy atom. The molecule has 1 N–H and O–H groups in total. The van der Waals surface area contributed by atoms with Crippen LogP contribution in [0.1, 0.15) is 23.1 Å². The molecule has 0 radical (unpaired) electrons. The van der Waals surface area contributed by atoms with Gasteiger partial charge in [0, 0.05) is 26.2 Å². The molecule has 1 aromatic rings. The summed E-state index contributed by atoms with van der Waals surface area (Å²) in [6.07, 6.45) is 0.451. The number of benzene rings is 1. The van der Waals surface area contributed by atoms with Crippen molar-refractivity contribution in [2.45, 2.75) is 27.2 Å². The highest BCUT2D eigenvalue weighted by Crippen LogP contribution is 2.25. The Morgan fingerprint density at radius 3 is 2.55 bits per heavy atom. The van der Waals surface area contributed by atoms with Gasteiger partial charge in [-0.05, 0) is 37.5 Å². The molecule has 0 unspecified atom stereocenters. The number of nitrogens with zero attached hydrogens (tertiary/aromatic N) is 1. The smallest absolute Gasteiger partial charge is 0.226 e. The first-order chi connectivity index (χ1) is 9.59. The Labute approximate surface area is 121 Å². The summed E-state index contributed by atoms with van der Waals surface area (Å²) in [6.45, 7) is 10.0. The minimum Gasteiger partial charge on any atom is -0.492 e. The summed E-state index contributed by atoms with van der Waals surface area (Å²) < 4.78 is 5.85. The van der Waals surface area contributed by atoms with Crippen LogP contribution in [0.2, 0.25) is 0 Å². The van der Waals surface area contributed by atoms with Crippen LogP contribution in [0.3, 0.4) is 0 Å². The first-order valence-corrected chi connectivity index (χ1v) is 7.27. The third-order valence-corrected chi connectivity index (χ3v) is 3.91. The zero-order chi connectivity index (χ0) is 14.5. The number of carbonyl (C=O) groups is 1. The molecule has 1 aromatic carbocycles. The molecule has 1 aliphatic heterocycles. The first kappa shape index (κ1) is 14.9. The van der Waals surface area contributed by atoms with Crippen molar-refractivity contribution in [2.24, 2.45) is 0 Å². The number of amides is 1. The molecule has 0 aromatic heterocycles. The highest BCUT2D eigenvalue weighted by molar-refractivity contribution is 5.76. The number of carbonyl (C=O) groups excluding carboxylic acids is 1. The molecule has 1 heterocycles. The van der Waals surface area contributed by atoms with Crippen LogP contribution in [0.5, 0.6) is 5.75 Å². The Morgan fingerprint density at radius 2 is 1.85 bits per heavy atom. The fourth-order valence-corrected chi connectivity index (χ4v) is 2.46. The van der Waals surface area contributed by atoms with Crippen molar-refractivity contribution in [3.63, 3.8) is 0 Å². The Bertz CT molecular complexity index is 480. The van der Waals surface area contributed by atoms with E-state index in [1.807, 2.05) is 11.8 Å². The van der Waals surface area contributed by atoms with E-state index in [1.165, 1.54) is 11.1 Å². The highest BCUT2D eigenvalue weighted by Gasteiger charge is 2.16. The summed E-state index contributed by atoms with van der Waals surface area (Å²) in [5.41, 5.74) is 3.52. The molecule has 0 saturated carbocycles. The molecule has 4 nitrogen and oxygen atoms in total. The average Bonchev–Trinajstić information content (AvgIpc) is 2.47. The highest BCUT2D eigenvalue weighted by atomic mass is 16.5. The topological polar surface area (TPSA) is 41.6 Å². The van der Waals surface area contributed by atoms with Gasteiger partial charge in [-0.15, -0.1) is 0 Å². The monoisotopic (exact) mass is 276 g/mol. The van der Waals surface area contributed by atoms with Crippen LogP contribution < -0.4 is 10.1 Å². The lowest BCUT2D eigenvalue weighted by Crippen LogP contribution is -2.46. The average molecular weight is 276 g/mol. The second kappa shape index (κ2) is 6.75. The lowest BCUT2D eigenvalue weighted by atomic mass is 10.1. The van der Waals surface area contributed by atoms with E-state index in [0.717, 1.165) is 37.5 Å². The van der Waals surface area contributed by atoms with E-state index in [1.54, 1.807) is 0 Å². The van der Waals surface area contributed by atoms with Gasteiger partial charge in [-0.1, -0.05) is 12.1 Å². The number of ether oxygens (including phenoxy) is 1. The zero-order valence-electron chi connectivity index (χ0n) is 12.7. The van der Waals surface area contributed by atoms with Crippen LogP contribution in [0.25, 0.3) is 0 Å². The molecule has 1 amide bonds. The molecule has 0 bridgehead atoms. The van der Waals surface area contributed by atoms with Gasteiger partial charge in [0.25, 0.3) is 0 Å². The van der Waals surface area contributed by atoms with Gasteiger partial charge in [0.1, 0.15) is 5.75 Å². The number of nitrogens with one attached hydrogen (secondary N) is 1. The van der Waals surface area contributed by atoms with Gasteiger partial charge in [0.05, 0.1) is 13.0 Å². The van der Waals surface area contributed by atoms with Crippen LogP contribution in [-0.2, 0) is 4.79 Å². The molecule has 1 aliphatic rings. The van der Waals surface area contributed by atoms with Crippen LogP contribution in [0, 0.1) is 20.8 Å². The van der Waals surface area contributed by atoms with E-state index < -0.39 is 0 Å². The molecule has 1 saturated heterocycles. The van der Waals surface area contributed by atoms with Crippen molar-refractivity contribution in [1.82, 2.24) is 10.2 Å². The first-order valence-electron chi connectivity index (χ1n) is 7.27. The van der Waals surface area contributed by atoms with Crippen LogP contribution in [0.4, 0.5) is 0 Å². The van der Waals surface area contributed by atoms with Gasteiger partial charge < -0.3 is 15.0 Å². The van der Waals surface area contributed by atoms with Crippen molar-refractivity contribution >= 4 is 5.91 Å². The number of rotatable bonds is 4. The van der Waals surface area contributed by atoms with E-state index in [2.05, 4.69) is 31.3 Å². The van der Waals surface area contributed by atoms with Crippen molar-refractivity contribution in [3.05, 3.63) is 28.8 Å². The molecular weight excluding hydrogens is 252 g/mol. The predicted octanol–water partition coefficient (Wildman–Crippen LogP) is 1.81. The SMILES string of the molecule is Cc1ccc(C)c(OCCC(=O)N2CCNCC2)c1C. The normalized spacial score (nSPS) is 15.2. The van der Waals surface area contributed by atoms with E-state index >= 15 is 0 Å². The Balaban J connectivity index is 1.86. The third-order valence-electron chi connectivity index (χ3n) is 3.91. The molecule has 20 heavy (non-hydrogen) atoms. The third kappa shape index (κ3) is 3.51. The second-order valence-electron chi connectivity index (χ2n) is 5.38. The van der Waals surface area contributed by atoms with Crippen molar-refractivity contribution in [1.29, 1.82) is 0 Å². The second-order valence-corrected chi connectivity index (χ2v) is 5.38. The number of aryl methyl sites for hydroxylation is 2. The number of piperazine rings is 1. The summed E-state index contributed by atoms with van der Waals surface area (Å²) in [5.74, 6) is 1.12. The lowest BCUT2D eigenvalue weighted by Gasteiger charge is -2.27. The van der Waals surface area contributed by atoms with Gasteiger partial charge in [-0.3, -0.25) is 4.79 Å². The molecule has 0 spiro atoms. The van der Waals surface area contributed by atoms with E-state index in [0.29, 0.717) is 13.0 Å². The fraction of sp³-hybridized carbons (Fsp3) is 0.562. The van der Waals surface area contributed by atoms with E-state index in [-0.39, 0.29) is 5.91 Å². The molecule has 4 heteroatoms. The molecular formula is C16H24N2O2. The summed E-state index contributed by atoms with van der Waals surface area (Å²) in [7, 11) is 0. The van der Waals surface area contributed by atoms with Crippen LogP contribution in [-0.4, -0.2) is 43.6 Å². The van der Waals surface area contributed by atoms with Gasteiger partial charge in [-0.2, -0.15) is 0 Å². The van der Waals surface area contributed by atoms with Gasteiger partial charge >= 0.3 is 0 Å². The molecule has 1 fully saturated rings. The van der Waals surface area contributed by atoms with E-state index in [4.69, 9.17) is 4.74 Å². The summed E-state index contributed by atoms with van der Waals surface area (Å²) >= 11 is 0. The largest absolute Gasteiger partial charge is 0.492 e. The van der Waals surface area contributed by atoms with Crippen molar-refractivity contribution < 1.29 is 9.53 Å². The summed E-state index contributed by atoms with van der Waals surface area (Å²) in [4.78, 5) is 14.0. The van der Waals surface area contributed by atoms with Gasteiger partial charge in [0.2, 0.25) is 5.91 Å². The quantitative estimate of drug-likeness (QED) is 0.912. The van der Waals surface area contributed by atoms with Crippen molar-refractivity contribution in [2.75, 3.05) is 32.8 Å². The summed E-state index contributed by atoms with van der Waals surface area (Å²) in [5, 5.41) is 3.25. The lowest BCUT2D eigenvalue weighted by molar-refractivity contribution is -0.132. The predicted molar refractivity (Wildman–Crippen MR) is 80.2 cm³/mol. The fourth-order valence-electron chi connectivity index (χ4n) is 2.46. The number of hydrogen-bond donors (Lipinski definition) is 1. The maximum Gasteiger partial charge on any atom is 0.226 e. The van der Waals surface area contributed by atoms with Gasteiger partial charge in [-0.25, -0.2) is 0 Å².